The molecule has 4 heteroatoms. The minimum absolute atomic E-state index is 0.0568. The Kier molecular flexibility index (Phi) is 4.03. The molecule has 14 heavy (non-hydrogen) atoms. The third kappa shape index (κ3) is 2.51. The van der Waals surface area contributed by atoms with Crippen molar-refractivity contribution in [1.82, 2.24) is 0 Å². The van der Waals surface area contributed by atoms with Crippen LogP contribution < -0.4 is 5.73 Å². The summed E-state index contributed by atoms with van der Waals surface area (Å²) in [5.41, 5.74) is 6.32. The van der Waals surface area contributed by atoms with Gasteiger partial charge in [0.25, 0.3) is 0 Å². The van der Waals surface area contributed by atoms with E-state index in [0.29, 0.717) is 0 Å². The van der Waals surface area contributed by atoms with E-state index in [4.69, 9.17) is 17.3 Å². The van der Waals surface area contributed by atoms with E-state index in [1.807, 2.05) is 6.07 Å². The molecular weight excluding hydrogens is 282 g/mol. The molecule has 1 aromatic rings. The van der Waals surface area contributed by atoms with Crippen LogP contribution in [-0.4, -0.2) is 0 Å². The number of hydrogen-bond acceptors (Lipinski definition) is 2. The Morgan fingerprint density at radius 3 is 2.57 bits per heavy atom. The van der Waals surface area contributed by atoms with Gasteiger partial charge in [0.1, 0.15) is 0 Å². The van der Waals surface area contributed by atoms with E-state index >= 15 is 0 Å². The Hall–Kier alpha value is 0.430. The number of nitrogens with two attached hydrogens (primary N) is 1. The van der Waals surface area contributed by atoms with E-state index in [9.17, 15) is 0 Å². The Labute approximate surface area is 103 Å². The lowest BCUT2D eigenvalue weighted by molar-refractivity contribution is 0.281. The summed E-state index contributed by atoms with van der Waals surface area (Å²) in [5, 5.41) is 0.757. The van der Waals surface area contributed by atoms with Gasteiger partial charge in [-0.2, -0.15) is 0 Å². The third-order valence-electron chi connectivity index (χ3n) is 2.72. The maximum atomic E-state index is 6.20. The van der Waals surface area contributed by atoms with Gasteiger partial charge in [0, 0.05) is 10.9 Å². The fourth-order valence-electron chi connectivity index (χ4n) is 1.12. The molecule has 1 aromatic heterocycles. The van der Waals surface area contributed by atoms with Crippen molar-refractivity contribution in [3.63, 3.8) is 0 Å². The van der Waals surface area contributed by atoms with Crippen LogP contribution in [0.4, 0.5) is 0 Å². The molecule has 0 aliphatic heterocycles. The van der Waals surface area contributed by atoms with Crippen LogP contribution in [0.2, 0.25) is 5.02 Å². The highest BCUT2D eigenvalue weighted by atomic mass is 79.9. The van der Waals surface area contributed by atoms with Gasteiger partial charge in [-0.15, -0.1) is 11.3 Å². The van der Waals surface area contributed by atoms with E-state index < -0.39 is 0 Å². The standard InChI is InChI=1S/C10H15BrClNS/c1-4-10(2,3)8(13)7-5-6(12)9(11)14-7/h5,8H,4,13H2,1-3H3. The Balaban J connectivity index is 2.94. The highest BCUT2D eigenvalue weighted by Gasteiger charge is 2.27. The van der Waals surface area contributed by atoms with Crippen LogP contribution in [0.25, 0.3) is 0 Å². The van der Waals surface area contributed by atoms with Crippen LogP contribution in [0.1, 0.15) is 38.1 Å². The first-order valence-electron chi connectivity index (χ1n) is 4.58. The summed E-state index contributed by atoms with van der Waals surface area (Å²) in [6, 6.07) is 2.01. The predicted molar refractivity (Wildman–Crippen MR) is 68.0 cm³/mol. The van der Waals surface area contributed by atoms with Crippen molar-refractivity contribution in [2.24, 2.45) is 11.1 Å². The zero-order chi connectivity index (χ0) is 10.9. The molecule has 0 aromatic carbocycles. The summed E-state index contributed by atoms with van der Waals surface area (Å²) in [5.74, 6) is 0. The van der Waals surface area contributed by atoms with E-state index in [1.54, 1.807) is 11.3 Å². The minimum atomic E-state index is 0.0568. The third-order valence-corrected chi connectivity index (χ3v) is 5.28. The SMILES string of the molecule is CCC(C)(C)C(N)c1cc(Cl)c(Br)s1. The first kappa shape index (κ1) is 12.5. The first-order valence-corrected chi connectivity index (χ1v) is 6.57. The highest BCUT2D eigenvalue weighted by Crippen LogP contribution is 2.41. The summed E-state index contributed by atoms with van der Waals surface area (Å²) < 4.78 is 0.969. The van der Waals surface area contributed by atoms with E-state index in [0.717, 1.165) is 20.1 Å². The lowest BCUT2D eigenvalue weighted by atomic mass is 9.82. The van der Waals surface area contributed by atoms with Gasteiger partial charge in [-0.05, 0) is 33.8 Å². The van der Waals surface area contributed by atoms with Gasteiger partial charge in [-0.25, -0.2) is 0 Å². The zero-order valence-electron chi connectivity index (χ0n) is 8.60. The molecule has 0 fully saturated rings. The van der Waals surface area contributed by atoms with Gasteiger partial charge in [0.15, 0.2) is 0 Å². The maximum Gasteiger partial charge on any atom is 0.0887 e. The molecule has 0 radical (unpaired) electrons. The quantitative estimate of drug-likeness (QED) is 0.866. The van der Waals surface area contributed by atoms with Crippen molar-refractivity contribution >= 4 is 38.9 Å². The molecule has 1 heterocycles. The molecular formula is C10H15BrClNS. The van der Waals surface area contributed by atoms with Crippen molar-refractivity contribution in [1.29, 1.82) is 0 Å². The van der Waals surface area contributed by atoms with Crippen LogP contribution in [-0.2, 0) is 0 Å². The van der Waals surface area contributed by atoms with Crippen LogP contribution in [0.5, 0.6) is 0 Å². The normalized spacial score (nSPS) is 14.4. The molecule has 0 bridgehead atoms. The fraction of sp³-hybridized carbons (Fsp3) is 0.600. The van der Waals surface area contributed by atoms with Crippen molar-refractivity contribution in [2.75, 3.05) is 0 Å². The molecule has 0 spiro atoms. The van der Waals surface area contributed by atoms with Crippen LogP contribution in [0.3, 0.4) is 0 Å². The molecule has 0 saturated heterocycles. The van der Waals surface area contributed by atoms with Gasteiger partial charge >= 0.3 is 0 Å². The Morgan fingerprint density at radius 1 is 1.64 bits per heavy atom. The van der Waals surface area contributed by atoms with E-state index in [2.05, 4.69) is 36.7 Å². The van der Waals surface area contributed by atoms with Crippen LogP contribution in [0, 0.1) is 5.41 Å². The molecule has 0 saturated carbocycles. The molecule has 0 aliphatic carbocycles. The highest BCUT2D eigenvalue weighted by molar-refractivity contribution is 9.11. The van der Waals surface area contributed by atoms with Crippen molar-refractivity contribution in [2.45, 2.75) is 33.2 Å². The monoisotopic (exact) mass is 295 g/mol. The Morgan fingerprint density at radius 2 is 2.21 bits per heavy atom. The maximum absolute atomic E-state index is 6.20. The average Bonchev–Trinajstić information content (AvgIpc) is 2.45. The molecule has 0 aliphatic rings. The summed E-state index contributed by atoms with van der Waals surface area (Å²) in [6.07, 6.45) is 1.06. The van der Waals surface area contributed by atoms with Gasteiger partial charge < -0.3 is 5.73 Å². The molecule has 1 unspecified atom stereocenters. The molecule has 80 valence electrons. The van der Waals surface area contributed by atoms with Crippen LogP contribution in [0.15, 0.2) is 9.85 Å². The first-order chi connectivity index (χ1) is 6.38. The average molecular weight is 297 g/mol. The minimum Gasteiger partial charge on any atom is -0.323 e. The van der Waals surface area contributed by atoms with Crippen LogP contribution >= 0.6 is 38.9 Å². The summed E-state index contributed by atoms with van der Waals surface area (Å²) in [4.78, 5) is 1.15. The molecule has 1 atom stereocenters. The molecule has 1 nitrogen and oxygen atoms in total. The summed E-state index contributed by atoms with van der Waals surface area (Å²) in [6.45, 7) is 6.52. The summed E-state index contributed by atoms with van der Waals surface area (Å²) in [7, 11) is 0. The second-order valence-electron chi connectivity index (χ2n) is 4.09. The summed E-state index contributed by atoms with van der Waals surface area (Å²) >= 11 is 11.0. The molecule has 1 rings (SSSR count). The molecule has 0 amide bonds. The number of halogens is 2. The van der Waals surface area contributed by atoms with Gasteiger partial charge in [-0.3, -0.25) is 0 Å². The van der Waals surface area contributed by atoms with Crippen molar-refractivity contribution in [3.05, 3.63) is 19.8 Å². The largest absolute Gasteiger partial charge is 0.323 e. The van der Waals surface area contributed by atoms with E-state index in [-0.39, 0.29) is 11.5 Å². The van der Waals surface area contributed by atoms with Crippen molar-refractivity contribution in [3.8, 4) is 0 Å². The lowest BCUT2D eigenvalue weighted by Crippen LogP contribution is -2.27. The topological polar surface area (TPSA) is 26.0 Å². The van der Waals surface area contributed by atoms with Gasteiger partial charge in [-0.1, -0.05) is 32.4 Å². The second kappa shape index (κ2) is 4.52. The van der Waals surface area contributed by atoms with Crippen molar-refractivity contribution < 1.29 is 0 Å². The van der Waals surface area contributed by atoms with Gasteiger partial charge in [0.05, 0.1) is 8.81 Å². The second-order valence-corrected chi connectivity index (χ2v) is 6.90. The lowest BCUT2D eigenvalue weighted by Gasteiger charge is -2.29. The van der Waals surface area contributed by atoms with Gasteiger partial charge in [0.2, 0.25) is 0 Å². The number of thiophene rings is 1. The zero-order valence-corrected chi connectivity index (χ0v) is 11.8. The number of rotatable bonds is 3. The van der Waals surface area contributed by atoms with E-state index in [1.165, 1.54) is 0 Å². The smallest absolute Gasteiger partial charge is 0.0887 e. The Bertz CT molecular complexity index is 302. The number of hydrogen-bond donors (Lipinski definition) is 1. The molecule has 2 N–H and O–H groups in total. The fourth-order valence-corrected chi connectivity index (χ4v) is 3.08. The predicted octanol–water partition coefficient (Wildman–Crippen LogP) is 4.60.